The molecule has 1 rings (SSSR count). The fourth-order valence-electron chi connectivity index (χ4n) is 1.30. The van der Waals surface area contributed by atoms with Crippen molar-refractivity contribution in [1.29, 1.82) is 0 Å². The number of hydrogen-bond donors (Lipinski definition) is 2. The molecule has 1 amide bonds. The largest absolute Gasteiger partial charge is 0.354 e. The number of rotatable bonds is 7. The molecule has 0 aromatic carbocycles. The molecule has 0 aliphatic heterocycles. The summed E-state index contributed by atoms with van der Waals surface area (Å²) in [7, 11) is 0. The Bertz CT molecular complexity index is 372. The van der Waals surface area contributed by atoms with Crippen LogP contribution in [0.4, 0.5) is 0 Å². The van der Waals surface area contributed by atoms with E-state index in [1.165, 1.54) is 17.5 Å². The Morgan fingerprint density at radius 2 is 2.31 bits per heavy atom. The van der Waals surface area contributed by atoms with Crippen molar-refractivity contribution in [3.8, 4) is 0 Å². The van der Waals surface area contributed by atoms with Gasteiger partial charge in [0.25, 0.3) is 0 Å². The lowest BCUT2D eigenvalue weighted by atomic mass is 10.2. The molecule has 0 unspecified atom stereocenters. The Morgan fingerprint density at radius 3 is 2.94 bits per heavy atom. The summed E-state index contributed by atoms with van der Waals surface area (Å²) in [4.78, 5) is 11.4. The third-order valence-electron chi connectivity index (χ3n) is 2.19. The van der Waals surface area contributed by atoms with E-state index in [4.69, 9.17) is 12.2 Å². The molecule has 0 bridgehead atoms. The van der Waals surface area contributed by atoms with Crippen LogP contribution in [0.3, 0.4) is 0 Å². The van der Waals surface area contributed by atoms with Gasteiger partial charge in [-0.05, 0) is 18.6 Å². The Kier molecular flexibility index (Phi) is 5.69. The summed E-state index contributed by atoms with van der Waals surface area (Å²) < 4.78 is 1.72. The number of unbranched alkanes of at least 4 members (excludes halogenated alkanes) is 3. The second kappa shape index (κ2) is 7.10. The lowest BCUT2D eigenvalue weighted by Gasteiger charge is -2.04. The number of hydrogen-bond acceptors (Lipinski definition) is 4. The van der Waals surface area contributed by atoms with Gasteiger partial charge >= 0.3 is 0 Å². The van der Waals surface area contributed by atoms with E-state index in [1.807, 2.05) is 0 Å². The van der Waals surface area contributed by atoms with Crippen LogP contribution in [-0.2, 0) is 11.3 Å². The highest BCUT2D eigenvalue weighted by Crippen LogP contribution is 1.96. The normalized spacial score (nSPS) is 10.3. The fraction of sp³-hybridized carbons (Fsp3) is 0.778. The van der Waals surface area contributed by atoms with Crippen LogP contribution in [0, 0.1) is 4.77 Å². The Labute approximate surface area is 99.4 Å². The second-order valence-corrected chi connectivity index (χ2v) is 3.94. The molecule has 7 heteroatoms. The number of tetrazole rings is 1. The van der Waals surface area contributed by atoms with Gasteiger partial charge in [0.1, 0.15) is 6.54 Å². The van der Waals surface area contributed by atoms with Crippen molar-refractivity contribution in [2.75, 3.05) is 6.54 Å². The van der Waals surface area contributed by atoms with Crippen molar-refractivity contribution in [2.24, 2.45) is 0 Å². The van der Waals surface area contributed by atoms with Crippen LogP contribution in [-0.4, -0.2) is 32.7 Å². The zero-order valence-corrected chi connectivity index (χ0v) is 10.2. The van der Waals surface area contributed by atoms with Gasteiger partial charge in [-0.3, -0.25) is 4.79 Å². The Morgan fingerprint density at radius 1 is 1.50 bits per heavy atom. The van der Waals surface area contributed by atoms with Crippen LogP contribution in [0.25, 0.3) is 0 Å². The maximum atomic E-state index is 11.4. The lowest BCUT2D eigenvalue weighted by molar-refractivity contribution is -0.121. The summed E-state index contributed by atoms with van der Waals surface area (Å²) in [5, 5.41) is 12.4. The van der Waals surface area contributed by atoms with E-state index in [0.717, 1.165) is 12.8 Å². The van der Waals surface area contributed by atoms with Gasteiger partial charge in [0.2, 0.25) is 10.7 Å². The Balaban J connectivity index is 2.17. The van der Waals surface area contributed by atoms with Crippen LogP contribution in [0.5, 0.6) is 0 Å². The third kappa shape index (κ3) is 4.52. The van der Waals surface area contributed by atoms with Crippen LogP contribution in [0.2, 0.25) is 0 Å². The van der Waals surface area contributed by atoms with Gasteiger partial charge in [0.15, 0.2) is 0 Å². The third-order valence-corrected chi connectivity index (χ3v) is 2.49. The number of aromatic amines is 1. The number of carbonyl (C=O) groups is 1. The lowest BCUT2D eigenvalue weighted by Crippen LogP contribution is -2.28. The number of aromatic nitrogens is 4. The van der Waals surface area contributed by atoms with Crippen molar-refractivity contribution in [1.82, 2.24) is 25.5 Å². The van der Waals surface area contributed by atoms with Crippen LogP contribution < -0.4 is 5.32 Å². The highest BCUT2D eigenvalue weighted by atomic mass is 32.1. The van der Waals surface area contributed by atoms with Crippen molar-refractivity contribution < 1.29 is 4.79 Å². The molecule has 0 aliphatic rings. The molecule has 6 nitrogen and oxygen atoms in total. The average molecular weight is 243 g/mol. The van der Waals surface area contributed by atoms with Gasteiger partial charge in [0.05, 0.1) is 0 Å². The topological polar surface area (TPSA) is 75.6 Å². The summed E-state index contributed by atoms with van der Waals surface area (Å²) >= 11 is 4.85. The minimum atomic E-state index is -0.0707. The predicted molar refractivity (Wildman–Crippen MR) is 62.4 cm³/mol. The second-order valence-electron chi connectivity index (χ2n) is 3.58. The molecule has 0 fully saturated rings. The maximum Gasteiger partial charge on any atom is 0.241 e. The van der Waals surface area contributed by atoms with E-state index in [9.17, 15) is 4.79 Å². The van der Waals surface area contributed by atoms with Crippen LogP contribution >= 0.6 is 12.2 Å². The van der Waals surface area contributed by atoms with Gasteiger partial charge in [0, 0.05) is 6.54 Å². The smallest absolute Gasteiger partial charge is 0.241 e. The molecule has 0 radical (unpaired) electrons. The Hall–Kier alpha value is -1.24. The molecule has 0 saturated heterocycles. The van der Waals surface area contributed by atoms with Crippen LogP contribution in [0.1, 0.15) is 32.6 Å². The van der Waals surface area contributed by atoms with Gasteiger partial charge in [-0.25, -0.2) is 4.68 Å². The number of carbonyl (C=O) groups excluding carboxylic acids is 1. The van der Waals surface area contributed by atoms with Crippen molar-refractivity contribution in [3.63, 3.8) is 0 Å². The van der Waals surface area contributed by atoms with E-state index in [2.05, 4.69) is 27.8 Å². The first-order chi connectivity index (χ1) is 7.74. The van der Waals surface area contributed by atoms with Crippen LogP contribution in [0.15, 0.2) is 0 Å². The average Bonchev–Trinajstić information content (AvgIpc) is 2.64. The molecule has 2 N–H and O–H groups in total. The standard InChI is InChI=1S/C9H17N5OS/c1-2-3-4-5-6-10-8(15)7-14-9(16)11-12-13-14/h2-7H2,1H3,(H,10,15)(H,11,13,16). The molecule has 1 heterocycles. The van der Waals surface area contributed by atoms with Gasteiger partial charge < -0.3 is 5.32 Å². The molecule has 0 saturated carbocycles. The molecular weight excluding hydrogens is 226 g/mol. The minimum Gasteiger partial charge on any atom is -0.354 e. The van der Waals surface area contributed by atoms with Crippen molar-refractivity contribution in [2.45, 2.75) is 39.2 Å². The molecule has 1 aromatic heterocycles. The van der Waals surface area contributed by atoms with E-state index in [-0.39, 0.29) is 12.5 Å². The predicted octanol–water partition coefficient (Wildman–Crippen LogP) is 1.03. The first kappa shape index (κ1) is 12.8. The van der Waals surface area contributed by atoms with Gasteiger partial charge in [-0.15, -0.1) is 0 Å². The number of amides is 1. The van der Waals surface area contributed by atoms with Gasteiger partial charge in [-0.2, -0.15) is 5.21 Å². The summed E-state index contributed by atoms with van der Waals surface area (Å²) in [6.45, 7) is 3.03. The monoisotopic (exact) mass is 243 g/mol. The number of nitrogens with one attached hydrogen (secondary N) is 2. The first-order valence-corrected chi connectivity index (χ1v) is 5.89. The quantitative estimate of drug-likeness (QED) is 0.554. The maximum absolute atomic E-state index is 11.4. The molecule has 16 heavy (non-hydrogen) atoms. The zero-order chi connectivity index (χ0) is 11.8. The first-order valence-electron chi connectivity index (χ1n) is 5.48. The van der Waals surface area contributed by atoms with E-state index in [1.54, 1.807) is 0 Å². The number of nitrogens with zero attached hydrogens (tertiary/aromatic N) is 3. The summed E-state index contributed by atoms with van der Waals surface area (Å²) in [5.41, 5.74) is 0. The molecule has 0 aliphatic carbocycles. The molecule has 0 spiro atoms. The molecular formula is C9H17N5OS. The molecule has 1 aromatic rings. The van der Waals surface area contributed by atoms with E-state index >= 15 is 0 Å². The zero-order valence-electron chi connectivity index (χ0n) is 9.40. The highest BCUT2D eigenvalue weighted by molar-refractivity contribution is 7.71. The summed E-state index contributed by atoms with van der Waals surface area (Å²) in [6.07, 6.45) is 4.59. The van der Waals surface area contributed by atoms with Crippen molar-refractivity contribution >= 4 is 18.1 Å². The van der Waals surface area contributed by atoms with E-state index in [0.29, 0.717) is 11.3 Å². The molecule has 0 atom stereocenters. The minimum absolute atomic E-state index is 0.0707. The molecule has 90 valence electrons. The van der Waals surface area contributed by atoms with E-state index < -0.39 is 0 Å². The number of H-pyrrole nitrogens is 1. The highest BCUT2D eigenvalue weighted by Gasteiger charge is 2.03. The summed E-state index contributed by atoms with van der Waals surface area (Å²) in [6, 6.07) is 0. The fourth-order valence-corrected chi connectivity index (χ4v) is 1.44. The van der Waals surface area contributed by atoms with Gasteiger partial charge in [-0.1, -0.05) is 36.5 Å². The summed E-state index contributed by atoms with van der Waals surface area (Å²) in [5.74, 6) is -0.0707. The SMILES string of the molecule is CCCCCCNC(=O)Cn1[nH]nnc1=S. The van der Waals surface area contributed by atoms with Crippen molar-refractivity contribution in [3.05, 3.63) is 4.77 Å².